The van der Waals surface area contributed by atoms with Gasteiger partial charge in [-0.1, -0.05) is 26.2 Å². The lowest BCUT2D eigenvalue weighted by Gasteiger charge is -2.29. The summed E-state index contributed by atoms with van der Waals surface area (Å²) in [4.78, 5) is 22.4. The molecule has 4 unspecified atom stereocenters. The lowest BCUT2D eigenvalue weighted by Crippen LogP contribution is -2.52. The third-order valence-corrected chi connectivity index (χ3v) is 3.85. The molecule has 4 atom stereocenters. The van der Waals surface area contributed by atoms with Gasteiger partial charge in [-0.25, -0.2) is 9.59 Å². The molecule has 2 amide bonds. The van der Waals surface area contributed by atoms with E-state index in [0.29, 0.717) is 18.4 Å². The van der Waals surface area contributed by atoms with E-state index in [9.17, 15) is 14.7 Å². The summed E-state index contributed by atoms with van der Waals surface area (Å²) in [7, 11) is 0. The fourth-order valence-electron chi connectivity index (χ4n) is 2.50. The highest BCUT2D eigenvalue weighted by Gasteiger charge is 2.26. The van der Waals surface area contributed by atoms with E-state index in [-0.39, 0.29) is 0 Å². The number of hydrogen-bond acceptors (Lipinski definition) is 3. The lowest BCUT2D eigenvalue weighted by molar-refractivity contribution is -0.141. The Labute approximate surface area is 113 Å². The Morgan fingerprint density at radius 3 is 2.47 bits per heavy atom. The number of carboxylic acid groups (broad SMARTS) is 1. The first-order valence-corrected chi connectivity index (χ1v) is 6.87. The topological polar surface area (TPSA) is 98.7 Å². The fourth-order valence-corrected chi connectivity index (χ4v) is 2.50. The van der Waals surface area contributed by atoms with Crippen LogP contribution in [0.1, 0.15) is 39.5 Å². The average molecular weight is 272 g/mol. The smallest absolute Gasteiger partial charge is 0.328 e. The van der Waals surface area contributed by atoms with Gasteiger partial charge in [0.25, 0.3) is 0 Å². The van der Waals surface area contributed by atoms with Crippen LogP contribution in [0.15, 0.2) is 0 Å². The quantitative estimate of drug-likeness (QED) is 0.598. The molecule has 0 saturated heterocycles. The Morgan fingerprint density at radius 1 is 1.32 bits per heavy atom. The number of aliphatic hydroxyl groups excluding tert-OH is 1. The maximum absolute atomic E-state index is 11.6. The number of nitrogens with one attached hydrogen (secondary N) is 2. The number of aliphatic carboxylic acids is 1. The Bertz CT molecular complexity index is 320. The third-order valence-electron chi connectivity index (χ3n) is 3.85. The predicted octanol–water partition coefficient (Wildman–Crippen LogP) is 0.946. The van der Waals surface area contributed by atoms with Crippen molar-refractivity contribution < 1.29 is 19.8 Å². The van der Waals surface area contributed by atoms with Crippen LogP contribution < -0.4 is 10.6 Å². The van der Waals surface area contributed by atoms with Crippen LogP contribution in [0.3, 0.4) is 0 Å². The van der Waals surface area contributed by atoms with Crippen LogP contribution in [0.5, 0.6) is 0 Å². The number of amides is 2. The molecular weight excluding hydrogens is 248 g/mol. The molecule has 1 saturated carbocycles. The first-order chi connectivity index (χ1) is 8.91. The van der Waals surface area contributed by atoms with Crippen molar-refractivity contribution in [3.05, 3.63) is 0 Å². The highest BCUT2D eigenvalue weighted by Crippen LogP contribution is 2.28. The summed E-state index contributed by atoms with van der Waals surface area (Å²) >= 11 is 0. The molecule has 4 N–H and O–H groups in total. The first kappa shape index (κ1) is 15.8. The number of carbonyl (C=O) groups is 2. The van der Waals surface area contributed by atoms with Gasteiger partial charge in [-0.3, -0.25) is 0 Å². The maximum atomic E-state index is 11.6. The second kappa shape index (κ2) is 7.33. The number of aliphatic hydroxyl groups is 1. The van der Waals surface area contributed by atoms with Crippen molar-refractivity contribution in [3.63, 3.8) is 0 Å². The molecule has 1 fully saturated rings. The minimum Gasteiger partial charge on any atom is -0.480 e. The summed E-state index contributed by atoms with van der Waals surface area (Å²) in [5.41, 5.74) is 0. The Balaban J connectivity index is 2.36. The molecular formula is C13H24N2O4. The minimum atomic E-state index is -1.27. The van der Waals surface area contributed by atoms with Gasteiger partial charge in [-0.05, 0) is 25.2 Å². The van der Waals surface area contributed by atoms with Gasteiger partial charge in [-0.2, -0.15) is 0 Å². The number of urea groups is 1. The number of rotatable bonds is 5. The highest BCUT2D eigenvalue weighted by atomic mass is 16.4. The van der Waals surface area contributed by atoms with E-state index in [2.05, 4.69) is 17.6 Å². The molecule has 0 aromatic rings. The van der Waals surface area contributed by atoms with Crippen molar-refractivity contribution in [2.75, 3.05) is 6.54 Å². The molecule has 19 heavy (non-hydrogen) atoms. The normalized spacial score (nSPS) is 26.3. The zero-order chi connectivity index (χ0) is 14.4. The molecule has 6 nitrogen and oxygen atoms in total. The average Bonchev–Trinajstić information content (AvgIpc) is 2.34. The Kier molecular flexibility index (Phi) is 6.08. The van der Waals surface area contributed by atoms with Gasteiger partial charge in [0.2, 0.25) is 0 Å². The summed E-state index contributed by atoms with van der Waals surface area (Å²) in [5.74, 6) is -0.202. The van der Waals surface area contributed by atoms with Gasteiger partial charge in [0.05, 0.1) is 6.10 Å². The zero-order valence-electron chi connectivity index (χ0n) is 11.6. The molecule has 1 aliphatic rings. The van der Waals surface area contributed by atoms with E-state index in [1.54, 1.807) is 0 Å². The molecule has 0 radical (unpaired) electrons. The van der Waals surface area contributed by atoms with E-state index in [1.807, 2.05) is 0 Å². The van der Waals surface area contributed by atoms with Crippen molar-refractivity contribution in [3.8, 4) is 0 Å². The third kappa shape index (κ3) is 5.06. The van der Waals surface area contributed by atoms with E-state index in [1.165, 1.54) is 26.2 Å². The summed E-state index contributed by atoms with van der Waals surface area (Å²) in [5, 5.41) is 23.1. The maximum Gasteiger partial charge on any atom is 0.328 e. The molecule has 0 aliphatic heterocycles. The van der Waals surface area contributed by atoms with Gasteiger partial charge in [0.1, 0.15) is 0 Å². The summed E-state index contributed by atoms with van der Waals surface area (Å²) in [6, 6.07) is -1.81. The summed E-state index contributed by atoms with van der Waals surface area (Å²) in [6.07, 6.45) is 3.58. The minimum absolute atomic E-state index is 0.453. The van der Waals surface area contributed by atoms with Crippen LogP contribution in [0.2, 0.25) is 0 Å². The zero-order valence-corrected chi connectivity index (χ0v) is 11.6. The van der Waals surface area contributed by atoms with Gasteiger partial charge >= 0.3 is 12.0 Å². The van der Waals surface area contributed by atoms with Gasteiger partial charge in [0, 0.05) is 6.54 Å². The Hall–Kier alpha value is -1.30. The summed E-state index contributed by atoms with van der Waals surface area (Å²) in [6.45, 7) is 4.07. The van der Waals surface area contributed by atoms with E-state index in [0.717, 1.165) is 6.42 Å². The molecule has 0 bridgehead atoms. The number of hydrogen-bond donors (Lipinski definition) is 4. The van der Waals surface area contributed by atoms with Crippen LogP contribution in [-0.4, -0.2) is 40.9 Å². The van der Waals surface area contributed by atoms with E-state index >= 15 is 0 Å². The van der Waals surface area contributed by atoms with Gasteiger partial charge in [-0.15, -0.1) is 0 Å². The largest absolute Gasteiger partial charge is 0.480 e. The van der Waals surface area contributed by atoms with Crippen LogP contribution in [-0.2, 0) is 4.79 Å². The predicted molar refractivity (Wildman–Crippen MR) is 70.8 cm³/mol. The second-order valence-corrected chi connectivity index (χ2v) is 5.43. The molecule has 1 rings (SSSR count). The molecule has 110 valence electrons. The van der Waals surface area contributed by atoms with Crippen molar-refractivity contribution in [2.45, 2.75) is 51.7 Å². The van der Waals surface area contributed by atoms with Crippen LogP contribution >= 0.6 is 0 Å². The van der Waals surface area contributed by atoms with Crippen molar-refractivity contribution >= 4 is 12.0 Å². The SMILES string of the molecule is CC(O)C(NC(=O)NCC1CCCCC1C)C(=O)O. The molecule has 6 heteroatoms. The Morgan fingerprint density at radius 2 is 1.95 bits per heavy atom. The highest BCUT2D eigenvalue weighted by molar-refractivity contribution is 5.82. The second-order valence-electron chi connectivity index (χ2n) is 5.43. The van der Waals surface area contributed by atoms with E-state index < -0.39 is 24.1 Å². The molecule has 0 spiro atoms. The fraction of sp³-hybridized carbons (Fsp3) is 0.846. The number of carboxylic acids is 1. The van der Waals surface area contributed by atoms with Crippen LogP contribution in [0, 0.1) is 11.8 Å². The molecule has 0 heterocycles. The molecule has 1 aliphatic carbocycles. The van der Waals surface area contributed by atoms with E-state index in [4.69, 9.17) is 5.11 Å². The molecule has 0 aromatic heterocycles. The van der Waals surface area contributed by atoms with Crippen molar-refractivity contribution in [2.24, 2.45) is 11.8 Å². The first-order valence-electron chi connectivity index (χ1n) is 6.87. The van der Waals surface area contributed by atoms with Crippen LogP contribution in [0.25, 0.3) is 0 Å². The summed E-state index contributed by atoms with van der Waals surface area (Å²) < 4.78 is 0. The van der Waals surface area contributed by atoms with Gasteiger partial charge < -0.3 is 20.8 Å². The molecule has 0 aromatic carbocycles. The lowest BCUT2D eigenvalue weighted by atomic mass is 9.80. The monoisotopic (exact) mass is 272 g/mol. The standard InChI is InChI=1S/C13H24N2O4/c1-8-5-3-4-6-10(8)7-14-13(19)15-11(9(2)16)12(17)18/h8-11,16H,3-7H2,1-2H3,(H,17,18)(H2,14,15,19). The van der Waals surface area contributed by atoms with Crippen molar-refractivity contribution in [1.29, 1.82) is 0 Å². The van der Waals surface area contributed by atoms with Gasteiger partial charge in [0.15, 0.2) is 6.04 Å². The van der Waals surface area contributed by atoms with Crippen molar-refractivity contribution in [1.82, 2.24) is 10.6 Å². The number of carbonyl (C=O) groups excluding carboxylic acids is 1. The van der Waals surface area contributed by atoms with Crippen LogP contribution in [0.4, 0.5) is 4.79 Å².